The van der Waals surface area contributed by atoms with Gasteiger partial charge in [-0.2, -0.15) is 0 Å². The van der Waals surface area contributed by atoms with Crippen LogP contribution in [0.2, 0.25) is 0 Å². The van der Waals surface area contributed by atoms with Gasteiger partial charge in [0.05, 0.1) is 17.7 Å². The molecule has 0 amide bonds. The second-order valence-corrected chi connectivity index (χ2v) is 7.76. The SMILES string of the molecule is COc1ccc(S(=O)(=O)Nc2ccc3c(c2)N(C)CCC3)c(C)c1. The lowest BCUT2D eigenvalue weighted by Crippen LogP contribution is -2.25. The molecule has 2 aromatic rings. The smallest absolute Gasteiger partial charge is 0.262 e. The average Bonchev–Trinajstić information content (AvgIpc) is 2.55. The van der Waals surface area contributed by atoms with E-state index in [-0.39, 0.29) is 4.90 Å². The molecule has 0 saturated carbocycles. The molecule has 0 saturated heterocycles. The first-order valence-corrected chi connectivity index (χ1v) is 9.40. The number of benzene rings is 2. The third-order valence-electron chi connectivity index (χ3n) is 4.36. The molecule has 0 fully saturated rings. The van der Waals surface area contributed by atoms with Crippen LogP contribution in [0.4, 0.5) is 11.4 Å². The van der Waals surface area contributed by atoms with Crippen LogP contribution in [0, 0.1) is 6.92 Å². The van der Waals surface area contributed by atoms with Gasteiger partial charge in [-0.1, -0.05) is 6.07 Å². The number of fused-ring (bicyclic) bond motifs is 1. The van der Waals surface area contributed by atoms with Crippen LogP contribution in [-0.2, 0) is 16.4 Å². The number of nitrogens with one attached hydrogen (secondary N) is 1. The number of anilines is 2. The number of rotatable bonds is 4. The highest BCUT2D eigenvalue weighted by molar-refractivity contribution is 7.92. The van der Waals surface area contributed by atoms with E-state index < -0.39 is 10.0 Å². The Morgan fingerprint density at radius 2 is 1.96 bits per heavy atom. The van der Waals surface area contributed by atoms with Crippen LogP contribution >= 0.6 is 0 Å². The van der Waals surface area contributed by atoms with Gasteiger partial charge in [0.2, 0.25) is 0 Å². The van der Waals surface area contributed by atoms with E-state index in [0.29, 0.717) is 17.0 Å². The van der Waals surface area contributed by atoms with Gasteiger partial charge in [0.1, 0.15) is 5.75 Å². The molecular weight excluding hydrogens is 324 g/mol. The molecule has 1 N–H and O–H groups in total. The quantitative estimate of drug-likeness (QED) is 0.924. The Morgan fingerprint density at radius 3 is 2.67 bits per heavy atom. The van der Waals surface area contributed by atoms with Gasteiger partial charge in [0.15, 0.2) is 0 Å². The number of hydrogen-bond donors (Lipinski definition) is 1. The summed E-state index contributed by atoms with van der Waals surface area (Å²) >= 11 is 0. The summed E-state index contributed by atoms with van der Waals surface area (Å²) in [7, 11) is -0.0451. The molecule has 0 aliphatic carbocycles. The molecule has 0 bridgehead atoms. The summed E-state index contributed by atoms with van der Waals surface area (Å²) in [5, 5.41) is 0. The minimum Gasteiger partial charge on any atom is -0.497 e. The highest BCUT2D eigenvalue weighted by Gasteiger charge is 2.19. The second kappa shape index (κ2) is 6.36. The highest BCUT2D eigenvalue weighted by Crippen LogP contribution is 2.30. The normalized spacial score (nSPS) is 14.2. The van der Waals surface area contributed by atoms with Crippen molar-refractivity contribution in [2.75, 3.05) is 30.3 Å². The van der Waals surface area contributed by atoms with Crippen LogP contribution < -0.4 is 14.4 Å². The molecule has 0 aromatic heterocycles. The zero-order valence-electron chi connectivity index (χ0n) is 14.2. The fourth-order valence-electron chi connectivity index (χ4n) is 3.08. The highest BCUT2D eigenvalue weighted by atomic mass is 32.2. The number of nitrogens with zero attached hydrogens (tertiary/aromatic N) is 1. The standard InChI is InChI=1S/C18H22N2O3S/c1-13-11-16(23-3)8-9-18(13)24(21,22)19-15-7-6-14-5-4-10-20(2)17(14)12-15/h6-9,11-12,19H,4-5,10H2,1-3H3. The third kappa shape index (κ3) is 3.19. The Morgan fingerprint density at radius 1 is 1.17 bits per heavy atom. The minimum atomic E-state index is -3.64. The van der Waals surface area contributed by atoms with Crippen molar-refractivity contribution >= 4 is 21.4 Å². The van der Waals surface area contributed by atoms with Gasteiger partial charge in [0, 0.05) is 19.3 Å². The molecule has 1 aliphatic rings. The molecular formula is C18H22N2O3S. The van der Waals surface area contributed by atoms with E-state index in [2.05, 4.69) is 9.62 Å². The van der Waals surface area contributed by atoms with Gasteiger partial charge in [-0.3, -0.25) is 4.72 Å². The van der Waals surface area contributed by atoms with Crippen LogP contribution in [0.1, 0.15) is 17.5 Å². The summed E-state index contributed by atoms with van der Waals surface area (Å²) in [4.78, 5) is 2.42. The Balaban J connectivity index is 1.91. The van der Waals surface area contributed by atoms with E-state index in [1.807, 2.05) is 25.2 Å². The number of ether oxygens (including phenoxy) is 1. The molecule has 0 spiro atoms. The molecule has 3 rings (SSSR count). The molecule has 0 atom stereocenters. The summed E-state index contributed by atoms with van der Waals surface area (Å²) in [6.45, 7) is 2.75. The molecule has 0 unspecified atom stereocenters. The van der Waals surface area contributed by atoms with Crippen molar-refractivity contribution in [3.8, 4) is 5.75 Å². The van der Waals surface area contributed by atoms with E-state index in [9.17, 15) is 8.42 Å². The van der Waals surface area contributed by atoms with Gasteiger partial charge in [-0.05, 0) is 61.2 Å². The van der Waals surface area contributed by atoms with Crippen molar-refractivity contribution in [3.63, 3.8) is 0 Å². The molecule has 0 radical (unpaired) electrons. The van der Waals surface area contributed by atoms with Crippen LogP contribution in [0.25, 0.3) is 0 Å². The van der Waals surface area contributed by atoms with E-state index in [0.717, 1.165) is 25.1 Å². The number of aryl methyl sites for hydroxylation is 2. The van der Waals surface area contributed by atoms with Gasteiger partial charge in [-0.25, -0.2) is 8.42 Å². The third-order valence-corrected chi connectivity index (χ3v) is 5.90. The van der Waals surface area contributed by atoms with Crippen molar-refractivity contribution < 1.29 is 13.2 Å². The Labute approximate surface area is 143 Å². The maximum absolute atomic E-state index is 12.7. The van der Waals surface area contributed by atoms with E-state index in [1.165, 1.54) is 5.56 Å². The number of sulfonamides is 1. The fourth-order valence-corrected chi connectivity index (χ4v) is 4.36. The average molecular weight is 346 g/mol. The Kier molecular flexibility index (Phi) is 4.41. The Hall–Kier alpha value is -2.21. The second-order valence-electron chi connectivity index (χ2n) is 6.11. The van der Waals surface area contributed by atoms with Crippen molar-refractivity contribution in [1.82, 2.24) is 0 Å². The lowest BCUT2D eigenvalue weighted by Gasteiger charge is -2.28. The first kappa shape index (κ1) is 16.6. The molecule has 5 nitrogen and oxygen atoms in total. The summed E-state index contributed by atoms with van der Waals surface area (Å²) in [5.74, 6) is 0.641. The zero-order valence-corrected chi connectivity index (χ0v) is 15.0. The number of hydrogen-bond acceptors (Lipinski definition) is 4. The largest absolute Gasteiger partial charge is 0.497 e. The minimum absolute atomic E-state index is 0.259. The lowest BCUT2D eigenvalue weighted by molar-refractivity contribution is 0.414. The summed E-state index contributed by atoms with van der Waals surface area (Å²) < 4.78 is 33.2. The van der Waals surface area contributed by atoms with Gasteiger partial charge < -0.3 is 9.64 Å². The molecule has 2 aromatic carbocycles. The van der Waals surface area contributed by atoms with Gasteiger partial charge in [-0.15, -0.1) is 0 Å². The van der Waals surface area contributed by atoms with E-state index in [1.54, 1.807) is 32.2 Å². The van der Waals surface area contributed by atoms with Crippen LogP contribution in [-0.4, -0.2) is 29.1 Å². The van der Waals surface area contributed by atoms with Crippen molar-refractivity contribution in [2.24, 2.45) is 0 Å². The maximum Gasteiger partial charge on any atom is 0.262 e. The monoisotopic (exact) mass is 346 g/mol. The van der Waals surface area contributed by atoms with E-state index in [4.69, 9.17) is 4.74 Å². The summed E-state index contributed by atoms with van der Waals surface area (Å²) in [6, 6.07) is 10.7. The maximum atomic E-state index is 12.7. The van der Waals surface area contributed by atoms with Crippen molar-refractivity contribution in [2.45, 2.75) is 24.7 Å². The zero-order chi connectivity index (χ0) is 17.3. The molecule has 128 valence electrons. The molecule has 24 heavy (non-hydrogen) atoms. The van der Waals surface area contributed by atoms with E-state index >= 15 is 0 Å². The first-order chi connectivity index (χ1) is 11.4. The van der Waals surface area contributed by atoms with Crippen molar-refractivity contribution in [1.29, 1.82) is 0 Å². The van der Waals surface area contributed by atoms with Crippen LogP contribution in [0.3, 0.4) is 0 Å². The lowest BCUT2D eigenvalue weighted by atomic mass is 10.0. The number of methoxy groups -OCH3 is 1. The van der Waals surface area contributed by atoms with Gasteiger partial charge in [0.25, 0.3) is 10.0 Å². The Bertz CT molecular complexity index is 863. The molecule has 1 aliphatic heterocycles. The van der Waals surface area contributed by atoms with Crippen LogP contribution in [0.15, 0.2) is 41.3 Å². The van der Waals surface area contributed by atoms with Crippen molar-refractivity contribution in [3.05, 3.63) is 47.5 Å². The fraction of sp³-hybridized carbons (Fsp3) is 0.333. The summed E-state index contributed by atoms with van der Waals surface area (Å²) in [5.41, 5.74) is 3.58. The molecule has 1 heterocycles. The van der Waals surface area contributed by atoms with Crippen LogP contribution in [0.5, 0.6) is 5.75 Å². The predicted octanol–water partition coefficient (Wildman–Crippen LogP) is 3.19. The predicted molar refractivity (Wildman–Crippen MR) is 96.6 cm³/mol. The molecule has 6 heteroatoms. The first-order valence-electron chi connectivity index (χ1n) is 7.92. The topological polar surface area (TPSA) is 58.6 Å². The summed E-state index contributed by atoms with van der Waals surface area (Å²) in [6.07, 6.45) is 2.16. The van der Waals surface area contributed by atoms with Gasteiger partial charge >= 0.3 is 0 Å².